The molecule has 0 aliphatic heterocycles. The van der Waals surface area contributed by atoms with Gasteiger partial charge in [-0.25, -0.2) is 0 Å². The summed E-state index contributed by atoms with van der Waals surface area (Å²) in [6.07, 6.45) is 3.55. The molecule has 0 heterocycles. The van der Waals surface area contributed by atoms with Gasteiger partial charge in [-0.3, -0.25) is 4.79 Å². The van der Waals surface area contributed by atoms with Crippen LogP contribution in [0.4, 0.5) is 0 Å². The highest BCUT2D eigenvalue weighted by Crippen LogP contribution is 2.46. The molecule has 0 bridgehead atoms. The first-order chi connectivity index (χ1) is 6.81. The molecule has 3 heteroatoms. The van der Waals surface area contributed by atoms with Crippen molar-refractivity contribution in [2.24, 2.45) is 11.3 Å². The van der Waals surface area contributed by atoms with E-state index in [0.717, 1.165) is 12.8 Å². The van der Waals surface area contributed by atoms with Crippen molar-refractivity contribution in [2.75, 3.05) is 0 Å². The summed E-state index contributed by atoms with van der Waals surface area (Å²) in [6.45, 7) is 5.95. The van der Waals surface area contributed by atoms with E-state index in [1.165, 1.54) is 0 Å². The topological polar surface area (TPSA) is 57.5 Å². The second-order valence-electron chi connectivity index (χ2n) is 5.57. The summed E-state index contributed by atoms with van der Waals surface area (Å²) >= 11 is 0. The van der Waals surface area contributed by atoms with E-state index >= 15 is 0 Å². The molecule has 1 aliphatic rings. The van der Waals surface area contributed by atoms with Gasteiger partial charge < -0.3 is 10.2 Å². The summed E-state index contributed by atoms with van der Waals surface area (Å²) in [7, 11) is 0. The van der Waals surface area contributed by atoms with Gasteiger partial charge in [-0.15, -0.1) is 0 Å². The lowest BCUT2D eigenvalue weighted by Gasteiger charge is -2.45. The first kappa shape index (κ1) is 12.5. The maximum atomic E-state index is 11.1. The average Bonchev–Trinajstić information content (AvgIpc) is 2.00. The molecule has 1 aliphatic carbocycles. The van der Waals surface area contributed by atoms with Gasteiger partial charge in [-0.1, -0.05) is 27.2 Å². The fourth-order valence-electron chi connectivity index (χ4n) is 3.00. The third-order valence-corrected chi connectivity index (χ3v) is 3.64. The first-order valence-corrected chi connectivity index (χ1v) is 5.76. The Morgan fingerprint density at radius 2 is 2.07 bits per heavy atom. The number of hydrogen-bond acceptors (Lipinski definition) is 2. The summed E-state index contributed by atoms with van der Waals surface area (Å²) in [5.74, 6) is -1.03. The van der Waals surface area contributed by atoms with Crippen molar-refractivity contribution in [2.45, 2.75) is 58.5 Å². The van der Waals surface area contributed by atoms with Crippen LogP contribution in [0.5, 0.6) is 0 Å². The highest BCUT2D eigenvalue weighted by molar-refractivity contribution is 5.71. The molecule has 3 nitrogen and oxygen atoms in total. The predicted molar refractivity (Wildman–Crippen MR) is 58.6 cm³/mol. The van der Waals surface area contributed by atoms with Crippen molar-refractivity contribution in [1.82, 2.24) is 0 Å². The molecule has 2 atom stereocenters. The minimum Gasteiger partial charge on any atom is -0.481 e. The molecule has 1 rings (SSSR count). The van der Waals surface area contributed by atoms with Crippen LogP contribution in [-0.2, 0) is 4.79 Å². The molecule has 0 aromatic rings. The molecule has 0 aromatic carbocycles. The molecular formula is C12H22O3. The van der Waals surface area contributed by atoms with Crippen LogP contribution in [0, 0.1) is 11.3 Å². The van der Waals surface area contributed by atoms with Crippen molar-refractivity contribution >= 4 is 5.97 Å². The third-order valence-electron chi connectivity index (χ3n) is 3.64. The van der Waals surface area contributed by atoms with E-state index in [0.29, 0.717) is 19.3 Å². The zero-order valence-electron chi connectivity index (χ0n) is 9.92. The van der Waals surface area contributed by atoms with Crippen LogP contribution in [0.2, 0.25) is 0 Å². The fourth-order valence-corrected chi connectivity index (χ4v) is 3.00. The van der Waals surface area contributed by atoms with Gasteiger partial charge in [0.2, 0.25) is 0 Å². The molecule has 1 saturated carbocycles. The number of carboxylic acids is 1. The van der Waals surface area contributed by atoms with E-state index < -0.39 is 11.6 Å². The quantitative estimate of drug-likeness (QED) is 0.758. The molecule has 15 heavy (non-hydrogen) atoms. The second kappa shape index (κ2) is 4.12. The van der Waals surface area contributed by atoms with Crippen LogP contribution in [-0.4, -0.2) is 21.8 Å². The number of carbonyl (C=O) groups is 1. The molecule has 88 valence electrons. The van der Waals surface area contributed by atoms with Gasteiger partial charge in [-0.2, -0.15) is 0 Å². The van der Waals surface area contributed by atoms with Crippen LogP contribution in [0.25, 0.3) is 0 Å². The Morgan fingerprint density at radius 3 is 2.47 bits per heavy atom. The highest BCUT2D eigenvalue weighted by atomic mass is 16.4. The average molecular weight is 214 g/mol. The highest BCUT2D eigenvalue weighted by Gasteiger charge is 2.46. The maximum Gasteiger partial charge on any atom is 0.307 e. The maximum absolute atomic E-state index is 11.1. The molecule has 0 amide bonds. The lowest BCUT2D eigenvalue weighted by Crippen LogP contribution is -2.46. The van der Waals surface area contributed by atoms with Gasteiger partial charge in [0.15, 0.2) is 0 Å². The number of rotatable bonds is 3. The largest absolute Gasteiger partial charge is 0.481 e. The summed E-state index contributed by atoms with van der Waals surface area (Å²) in [5, 5.41) is 19.4. The van der Waals surface area contributed by atoms with Crippen LogP contribution < -0.4 is 0 Å². The van der Waals surface area contributed by atoms with E-state index in [1.54, 1.807) is 0 Å². The second-order valence-corrected chi connectivity index (χ2v) is 5.57. The zero-order chi connectivity index (χ0) is 11.7. The lowest BCUT2D eigenvalue weighted by atomic mass is 9.62. The molecule has 0 saturated heterocycles. The lowest BCUT2D eigenvalue weighted by molar-refractivity contribution is -0.153. The summed E-state index contributed by atoms with van der Waals surface area (Å²) < 4.78 is 0. The van der Waals surface area contributed by atoms with Gasteiger partial charge in [0, 0.05) is 0 Å². The van der Waals surface area contributed by atoms with E-state index in [9.17, 15) is 9.90 Å². The van der Waals surface area contributed by atoms with Crippen LogP contribution in [0.15, 0.2) is 0 Å². The van der Waals surface area contributed by atoms with E-state index in [1.807, 2.05) is 20.8 Å². The van der Waals surface area contributed by atoms with Crippen molar-refractivity contribution in [3.63, 3.8) is 0 Å². The zero-order valence-corrected chi connectivity index (χ0v) is 9.92. The van der Waals surface area contributed by atoms with Gasteiger partial charge in [0.25, 0.3) is 0 Å². The van der Waals surface area contributed by atoms with E-state index in [-0.39, 0.29) is 11.3 Å². The standard InChI is InChI=1S/C12H22O3/c1-4-6-12(15)7-5-9(10(13)14)11(2,3)8-12/h9,15H,4-8H2,1-3H3,(H,13,14). The Bertz CT molecular complexity index is 247. The minimum atomic E-state index is -0.724. The van der Waals surface area contributed by atoms with Crippen molar-refractivity contribution in [3.8, 4) is 0 Å². The Morgan fingerprint density at radius 1 is 1.47 bits per heavy atom. The Hall–Kier alpha value is -0.570. The Kier molecular flexibility index (Phi) is 3.44. The first-order valence-electron chi connectivity index (χ1n) is 5.76. The molecule has 0 spiro atoms. The summed E-state index contributed by atoms with van der Waals surface area (Å²) in [5.41, 5.74) is -0.932. The number of carboxylic acid groups (broad SMARTS) is 1. The summed E-state index contributed by atoms with van der Waals surface area (Å²) in [4.78, 5) is 11.1. The SMILES string of the molecule is CCCC1(O)CCC(C(=O)O)C(C)(C)C1. The summed E-state index contributed by atoms with van der Waals surface area (Å²) in [6, 6.07) is 0. The van der Waals surface area contributed by atoms with Crippen LogP contribution in [0.3, 0.4) is 0 Å². The molecule has 2 N–H and O–H groups in total. The fraction of sp³-hybridized carbons (Fsp3) is 0.917. The van der Waals surface area contributed by atoms with Gasteiger partial charge in [0.05, 0.1) is 11.5 Å². The number of aliphatic carboxylic acids is 1. The molecule has 1 fully saturated rings. The number of aliphatic hydroxyl groups is 1. The van der Waals surface area contributed by atoms with E-state index in [2.05, 4.69) is 0 Å². The monoisotopic (exact) mass is 214 g/mol. The molecule has 0 radical (unpaired) electrons. The Balaban J connectivity index is 2.76. The minimum absolute atomic E-state index is 0.298. The van der Waals surface area contributed by atoms with Crippen LogP contribution in [0.1, 0.15) is 52.9 Å². The normalized spacial score (nSPS) is 35.1. The van der Waals surface area contributed by atoms with E-state index in [4.69, 9.17) is 5.11 Å². The molecule has 0 aromatic heterocycles. The molecule has 2 unspecified atom stereocenters. The Labute approximate surface area is 91.5 Å². The van der Waals surface area contributed by atoms with Crippen LogP contribution >= 0.6 is 0 Å². The van der Waals surface area contributed by atoms with Gasteiger partial charge in [0.1, 0.15) is 0 Å². The van der Waals surface area contributed by atoms with Crippen molar-refractivity contribution < 1.29 is 15.0 Å². The smallest absolute Gasteiger partial charge is 0.307 e. The molecular weight excluding hydrogens is 192 g/mol. The number of hydrogen-bond donors (Lipinski definition) is 2. The van der Waals surface area contributed by atoms with Crippen molar-refractivity contribution in [1.29, 1.82) is 0 Å². The van der Waals surface area contributed by atoms with Gasteiger partial charge >= 0.3 is 5.97 Å². The van der Waals surface area contributed by atoms with Crippen molar-refractivity contribution in [3.05, 3.63) is 0 Å². The predicted octanol–water partition coefficient (Wildman–Crippen LogP) is 2.43. The third kappa shape index (κ3) is 2.71. The van der Waals surface area contributed by atoms with Gasteiger partial charge in [-0.05, 0) is 31.1 Å².